The number of nitrogens with zero attached hydrogens (tertiary/aromatic N) is 2. The molecule has 29 heavy (non-hydrogen) atoms. The zero-order valence-electron chi connectivity index (χ0n) is 16.1. The van der Waals surface area contributed by atoms with Crippen molar-refractivity contribution in [2.45, 2.75) is 25.3 Å². The van der Waals surface area contributed by atoms with Crippen molar-refractivity contribution in [2.24, 2.45) is 0 Å². The van der Waals surface area contributed by atoms with Crippen LogP contribution in [0, 0.1) is 5.82 Å². The first-order chi connectivity index (χ1) is 13.9. The molecule has 0 aliphatic heterocycles. The van der Waals surface area contributed by atoms with Crippen molar-refractivity contribution in [1.29, 1.82) is 0 Å². The predicted molar refractivity (Wildman–Crippen MR) is 111 cm³/mol. The van der Waals surface area contributed by atoms with Crippen molar-refractivity contribution < 1.29 is 14.0 Å². The van der Waals surface area contributed by atoms with Crippen molar-refractivity contribution >= 4 is 34.4 Å². The fourth-order valence-corrected chi connectivity index (χ4v) is 3.66. The molecule has 0 saturated carbocycles. The number of fused-ring (bicyclic) bond motifs is 1. The number of hydrogen-bond donors (Lipinski definition) is 1. The van der Waals surface area contributed by atoms with Crippen LogP contribution < -0.4 is 5.56 Å². The van der Waals surface area contributed by atoms with E-state index in [9.17, 15) is 18.8 Å². The number of amides is 1. The molecule has 2 aromatic carbocycles. The number of carbonyl (C=O) groups excluding carboxylic acids is 2. The zero-order valence-corrected chi connectivity index (χ0v) is 16.9. The summed E-state index contributed by atoms with van der Waals surface area (Å²) >= 11 is 1.07. The standard InChI is InChI=1S/C21H20FN3O3S/c1-3-25(11-19-23-17-7-5-4-6-15(17)21(28)24-19)20(27)12-29-18-9-8-14(13(2)26)10-16(18)22/h4-10H,3,11-12H2,1-2H3,(H,23,24,28). The number of thioether (sulfide) groups is 1. The average molecular weight is 413 g/mol. The first kappa shape index (κ1) is 20.7. The van der Waals surface area contributed by atoms with E-state index in [1.807, 2.05) is 6.92 Å². The Balaban J connectivity index is 1.70. The molecule has 3 aromatic rings. The third kappa shape index (κ3) is 4.89. The molecular weight excluding hydrogens is 393 g/mol. The van der Waals surface area contributed by atoms with E-state index < -0.39 is 5.82 Å². The largest absolute Gasteiger partial charge is 0.335 e. The number of aromatic nitrogens is 2. The maximum atomic E-state index is 14.1. The average Bonchev–Trinajstić information content (AvgIpc) is 2.70. The second-order valence-corrected chi connectivity index (χ2v) is 7.44. The molecular formula is C21H20FN3O3S. The van der Waals surface area contributed by atoms with Gasteiger partial charge in [-0.3, -0.25) is 14.4 Å². The molecule has 1 N–H and O–H groups in total. The van der Waals surface area contributed by atoms with Crippen LogP contribution in [0.5, 0.6) is 0 Å². The smallest absolute Gasteiger partial charge is 0.258 e. The molecule has 1 amide bonds. The van der Waals surface area contributed by atoms with Gasteiger partial charge in [-0.1, -0.05) is 18.2 Å². The minimum Gasteiger partial charge on any atom is -0.335 e. The molecule has 1 heterocycles. The van der Waals surface area contributed by atoms with Crippen LogP contribution in [0.25, 0.3) is 10.9 Å². The molecule has 0 spiro atoms. The Morgan fingerprint density at radius 1 is 1.21 bits per heavy atom. The van der Waals surface area contributed by atoms with E-state index in [0.717, 1.165) is 11.8 Å². The van der Waals surface area contributed by atoms with Crippen molar-refractivity contribution in [2.75, 3.05) is 12.3 Å². The molecule has 8 heteroatoms. The second-order valence-electron chi connectivity index (χ2n) is 6.43. The minimum absolute atomic E-state index is 0.0298. The van der Waals surface area contributed by atoms with Gasteiger partial charge in [-0.05, 0) is 38.1 Å². The number of aromatic amines is 1. The highest BCUT2D eigenvalue weighted by molar-refractivity contribution is 8.00. The highest BCUT2D eigenvalue weighted by Crippen LogP contribution is 2.23. The lowest BCUT2D eigenvalue weighted by Gasteiger charge is -2.20. The topological polar surface area (TPSA) is 83.1 Å². The molecule has 0 bridgehead atoms. The number of ketones is 1. The number of Topliss-reactive ketones (excluding diaryl/α,β-unsaturated/α-hetero) is 1. The van der Waals surface area contributed by atoms with Gasteiger partial charge in [-0.2, -0.15) is 0 Å². The lowest BCUT2D eigenvalue weighted by molar-refractivity contribution is -0.128. The Morgan fingerprint density at radius 2 is 1.97 bits per heavy atom. The van der Waals surface area contributed by atoms with Gasteiger partial charge < -0.3 is 9.88 Å². The van der Waals surface area contributed by atoms with Gasteiger partial charge in [0, 0.05) is 17.0 Å². The Labute approximate surface area is 171 Å². The van der Waals surface area contributed by atoms with Gasteiger partial charge in [0.2, 0.25) is 5.91 Å². The normalized spacial score (nSPS) is 10.9. The van der Waals surface area contributed by atoms with Crippen molar-refractivity contribution in [1.82, 2.24) is 14.9 Å². The summed E-state index contributed by atoms with van der Waals surface area (Å²) in [5.74, 6) is -0.527. The Kier molecular flexibility index (Phi) is 6.43. The molecule has 0 radical (unpaired) electrons. The lowest BCUT2D eigenvalue weighted by atomic mass is 10.1. The minimum atomic E-state index is -0.529. The maximum absolute atomic E-state index is 14.1. The Bertz CT molecular complexity index is 1130. The Morgan fingerprint density at radius 3 is 2.66 bits per heavy atom. The highest BCUT2D eigenvalue weighted by Gasteiger charge is 2.16. The lowest BCUT2D eigenvalue weighted by Crippen LogP contribution is -2.33. The first-order valence-corrected chi connectivity index (χ1v) is 10.1. The van der Waals surface area contributed by atoms with Crippen LogP contribution in [0.1, 0.15) is 30.0 Å². The fourth-order valence-electron chi connectivity index (χ4n) is 2.83. The predicted octanol–water partition coefficient (Wildman–Crippen LogP) is 3.41. The van der Waals surface area contributed by atoms with Gasteiger partial charge in [0.25, 0.3) is 5.56 Å². The van der Waals surface area contributed by atoms with E-state index in [1.165, 1.54) is 19.1 Å². The number of para-hydroxylation sites is 1. The molecule has 0 fully saturated rings. The molecule has 0 aliphatic rings. The SMILES string of the molecule is CCN(Cc1nc2ccccc2c(=O)[nH]1)C(=O)CSc1ccc(C(C)=O)cc1F. The van der Waals surface area contributed by atoms with Crippen molar-refractivity contribution in [3.8, 4) is 0 Å². The van der Waals surface area contributed by atoms with Gasteiger partial charge in [-0.15, -0.1) is 11.8 Å². The molecule has 0 aliphatic carbocycles. The van der Waals surface area contributed by atoms with Gasteiger partial charge in [-0.25, -0.2) is 9.37 Å². The summed E-state index contributed by atoms with van der Waals surface area (Å²) < 4.78 is 14.1. The summed E-state index contributed by atoms with van der Waals surface area (Å²) in [6.45, 7) is 3.77. The van der Waals surface area contributed by atoms with E-state index in [1.54, 1.807) is 35.2 Å². The molecule has 150 valence electrons. The molecule has 0 saturated heterocycles. The fraction of sp³-hybridized carbons (Fsp3) is 0.238. The van der Waals surface area contributed by atoms with Crippen LogP contribution in [0.3, 0.4) is 0 Å². The van der Waals surface area contributed by atoms with Crippen molar-refractivity contribution in [3.63, 3.8) is 0 Å². The second kappa shape index (κ2) is 9.00. The van der Waals surface area contributed by atoms with Crippen LogP contribution in [0.15, 0.2) is 52.2 Å². The van der Waals surface area contributed by atoms with Gasteiger partial charge in [0.1, 0.15) is 11.6 Å². The maximum Gasteiger partial charge on any atom is 0.258 e. The summed E-state index contributed by atoms with van der Waals surface area (Å²) in [7, 11) is 0. The molecule has 0 atom stereocenters. The summed E-state index contributed by atoms with van der Waals surface area (Å²) in [6, 6.07) is 11.2. The quantitative estimate of drug-likeness (QED) is 0.474. The van der Waals surface area contributed by atoms with Gasteiger partial charge >= 0.3 is 0 Å². The summed E-state index contributed by atoms with van der Waals surface area (Å²) in [5.41, 5.74) is 0.604. The van der Waals surface area contributed by atoms with E-state index >= 15 is 0 Å². The summed E-state index contributed by atoms with van der Waals surface area (Å²) in [4.78, 5) is 45.1. The third-order valence-corrected chi connectivity index (χ3v) is 5.46. The first-order valence-electron chi connectivity index (χ1n) is 9.08. The number of benzene rings is 2. The van der Waals surface area contributed by atoms with Crippen molar-refractivity contribution in [3.05, 3.63) is 70.0 Å². The molecule has 0 unspecified atom stereocenters. The number of H-pyrrole nitrogens is 1. The van der Waals surface area contributed by atoms with Crippen LogP contribution in [-0.4, -0.2) is 38.9 Å². The molecule has 3 rings (SSSR count). The van der Waals surface area contributed by atoms with Gasteiger partial charge in [0.05, 0.1) is 23.2 Å². The van der Waals surface area contributed by atoms with E-state index in [-0.39, 0.29) is 29.5 Å². The monoisotopic (exact) mass is 413 g/mol. The number of nitrogens with one attached hydrogen (secondary N) is 1. The number of hydrogen-bond acceptors (Lipinski definition) is 5. The number of rotatable bonds is 7. The third-order valence-electron chi connectivity index (χ3n) is 4.43. The van der Waals surface area contributed by atoms with Crippen LogP contribution in [0.4, 0.5) is 4.39 Å². The van der Waals surface area contributed by atoms with Crippen LogP contribution >= 0.6 is 11.8 Å². The summed E-state index contributed by atoms with van der Waals surface area (Å²) in [6.07, 6.45) is 0. The highest BCUT2D eigenvalue weighted by atomic mass is 32.2. The van der Waals surface area contributed by atoms with E-state index in [0.29, 0.717) is 33.7 Å². The molecule has 6 nitrogen and oxygen atoms in total. The Hall–Kier alpha value is -3.00. The van der Waals surface area contributed by atoms with E-state index in [2.05, 4.69) is 9.97 Å². The van der Waals surface area contributed by atoms with Gasteiger partial charge in [0.15, 0.2) is 5.78 Å². The zero-order chi connectivity index (χ0) is 21.0. The molecule has 1 aromatic heterocycles. The number of halogens is 1. The van der Waals surface area contributed by atoms with E-state index in [4.69, 9.17) is 0 Å². The summed E-state index contributed by atoms with van der Waals surface area (Å²) in [5, 5.41) is 0.491. The number of carbonyl (C=O) groups is 2. The van der Waals surface area contributed by atoms with Crippen LogP contribution in [-0.2, 0) is 11.3 Å². The van der Waals surface area contributed by atoms with Crippen LogP contribution in [0.2, 0.25) is 0 Å².